The molecule has 1 aromatic heterocycles. The maximum Gasteiger partial charge on any atom is 0.573 e. The molecule has 0 saturated carbocycles. The van der Waals surface area contributed by atoms with E-state index in [1.54, 1.807) is 22.6 Å². The van der Waals surface area contributed by atoms with Crippen LogP contribution in [-0.4, -0.2) is 27.4 Å². The molecular weight excluding hydrogens is 525 g/mol. The van der Waals surface area contributed by atoms with Gasteiger partial charge in [0.1, 0.15) is 22.8 Å². The van der Waals surface area contributed by atoms with Crippen LogP contribution < -0.4 is 14.8 Å². The Labute approximate surface area is 179 Å². The summed E-state index contributed by atoms with van der Waals surface area (Å²) in [6, 6.07) is 8.33. The van der Waals surface area contributed by atoms with Crippen LogP contribution in [0.4, 0.5) is 17.6 Å². The van der Waals surface area contributed by atoms with Crippen LogP contribution in [-0.2, 0) is 0 Å². The molecule has 0 aliphatic heterocycles. The molecule has 3 rings (SSSR count). The van der Waals surface area contributed by atoms with Crippen LogP contribution in [0.5, 0.6) is 17.2 Å². The predicted molar refractivity (Wildman–Crippen MR) is 102 cm³/mol. The van der Waals surface area contributed by atoms with Gasteiger partial charge in [-0.1, -0.05) is 0 Å². The molecule has 0 radical (unpaired) electrons. The van der Waals surface area contributed by atoms with Gasteiger partial charge in [0.25, 0.3) is 5.91 Å². The molecule has 0 atom stereocenters. The number of aromatic nitrogens is 2. The summed E-state index contributed by atoms with van der Waals surface area (Å²) in [6.07, 6.45) is -2.63. The SMILES string of the molecule is O=C(N=c1ccn(O)nc1)c1c(Oc2ccc(OC(F)(F)F)cc2)ccc(I)c1F. The normalized spacial score (nSPS) is 12.0. The van der Waals surface area contributed by atoms with Gasteiger partial charge in [0.15, 0.2) is 5.82 Å². The lowest BCUT2D eigenvalue weighted by Gasteiger charge is -2.12. The zero-order valence-electron chi connectivity index (χ0n) is 14.6. The van der Waals surface area contributed by atoms with Crippen molar-refractivity contribution in [3.05, 3.63) is 75.2 Å². The highest BCUT2D eigenvalue weighted by molar-refractivity contribution is 14.1. The average Bonchev–Trinajstić information content (AvgIpc) is 2.67. The smallest absolute Gasteiger partial charge is 0.456 e. The molecular formula is C18H10F4IN3O4. The monoisotopic (exact) mass is 535 g/mol. The summed E-state index contributed by atoms with van der Waals surface area (Å²) >= 11 is 1.69. The molecule has 0 saturated heterocycles. The van der Waals surface area contributed by atoms with Crippen molar-refractivity contribution in [2.24, 2.45) is 4.99 Å². The Balaban J connectivity index is 1.92. The number of benzene rings is 2. The van der Waals surface area contributed by atoms with E-state index < -0.39 is 29.4 Å². The van der Waals surface area contributed by atoms with E-state index in [9.17, 15) is 22.4 Å². The van der Waals surface area contributed by atoms with Gasteiger partial charge < -0.3 is 14.7 Å². The summed E-state index contributed by atoms with van der Waals surface area (Å²) in [7, 11) is 0. The fraction of sp³-hybridized carbons (Fsp3) is 0.0556. The van der Waals surface area contributed by atoms with E-state index in [1.807, 2.05) is 0 Å². The van der Waals surface area contributed by atoms with E-state index in [-0.39, 0.29) is 20.4 Å². The van der Waals surface area contributed by atoms with Crippen LogP contribution in [0.1, 0.15) is 10.4 Å². The van der Waals surface area contributed by atoms with Gasteiger partial charge in [0.2, 0.25) is 0 Å². The third-order valence-corrected chi connectivity index (χ3v) is 4.31. The Bertz CT molecular complexity index is 1130. The molecule has 2 aromatic carbocycles. The molecule has 3 aromatic rings. The minimum Gasteiger partial charge on any atom is -0.456 e. The van der Waals surface area contributed by atoms with Crippen LogP contribution in [0, 0.1) is 9.39 Å². The highest BCUT2D eigenvalue weighted by Gasteiger charge is 2.31. The molecule has 1 N–H and O–H groups in total. The largest absolute Gasteiger partial charge is 0.573 e. The third-order valence-electron chi connectivity index (χ3n) is 3.47. The first-order valence-corrected chi connectivity index (χ1v) is 9.05. The van der Waals surface area contributed by atoms with Gasteiger partial charge in [0.05, 0.1) is 17.8 Å². The van der Waals surface area contributed by atoms with Gasteiger partial charge in [-0.2, -0.15) is 0 Å². The van der Waals surface area contributed by atoms with E-state index in [4.69, 9.17) is 9.94 Å². The standard InChI is InChI=1S/C18H10F4IN3O4/c19-16-13(23)5-6-14(15(16)17(27)25-10-7-8-26(28)24-9-10)29-11-1-3-12(4-2-11)30-18(20,21)22/h1-9,28H. The zero-order chi connectivity index (χ0) is 21.9. The quantitative estimate of drug-likeness (QED) is 0.306. The highest BCUT2D eigenvalue weighted by Crippen LogP contribution is 2.32. The molecule has 7 nitrogen and oxygen atoms in total. The second-order valence-electron chi connectivity index (χ2n) is 5.58. The van der Waals surface area contributed by atoms with Crippen LogP contribution in [0.25, 0.3) is 0 Å². The zero-order valence-corrected chi connectivity index (χ0v) is 16.8. The van der Waals surface area contributed by atoms with Gasteiger partial charge in [-0.25, -0.2) is 9.38 Å². The molecule has 0 spiro atoms. The predicted octanol–water partition coefficient (Wildman–Crippen LogP) is 4.30. The van der Waals surface area contributed by atoms with Gasteiger partial charge in [-0.15, -0.1) is 23.1 Å². The molecule has 0 aliphatic rings. The second-order valence-corrected chi connectivity index (χ2v) is 6.74. The van der Waals surface area contributed by atoms with E-state index in [2.05, 4.69) is 14.8 Å². The summed E-state index contributed by atoms with van der Waals surface area (Å²) in [5.74, 6) is -2.46. The first-order valence-electron chi connectivity index (χ1n) is 7.97. The van der Waals surface area contributed by atoms with Crippen molar-refractivity contribution in [3.63, 3.8) is 0 Å². The molecule has 12 heteroatoms. The summed E-state index contributed by atoms with van der Waals surface area (Å²) in [6.45, 7) is 0. The number of hydrogen-bond acceptors (Lipinski definition) is 5. The van der Waals surface area contributed by atoms with Gasteiger partial charge in [-0.3, -0.25) is 4.79 Å². The molecule has 1 heterocycles. The van der Waals surface area contributed by atoms with Crippen LogP contribution in [0.3, 0.4) is 0 Å². The number of hydrogen-bond donors (Lipinski definition) is 1. The van der Waals surface area contributed by atoms with Crippen molar-refractivity contribution in [3.8, 4) is 17.2 Å². The number of carbonyl (C=O) groups is 1. The number of ether oxygens (including phenoxy) is 2. The molecule has 0 unspecified atom stereocenters. The maximum atomic E-state index is 14.7. The summed E-state index contributed by atoms with van der Waals surface area (Å²) in [5, 5.41) is 12.7. The van der Waals surface area contributed by atoms with Crippen molar-refractivity contribution >= 4 is 28.5 Å². The Morgan fingerprint density at radius 1 is 1.10 bits per heavy atom. The number of halogens is 5. The number of rotatable bonds is 4. The molecule has 30 heavy (non-hydrogen) atoms. The first-order chi connectivity index (χ1) is 14.1. The van der Waals surface area contributed by atoms with Crippen molar-refractivity contribution in [1.82, 2.24) is 9.94 Å². The average molecular weight is 535 g/mol. The van der Waals surface area contributed by atoms with E-state index in [0.29, 0.717) is 4.85 Å². The fourth-order valence-electron chi connectivity index (χ4n) is 2.24. The third kappa shape index (κ3) is 5.46. The summed E-state index contributed by atoms with van der Waals surface area (Å²) in [4.78, 5) is 16.8. The lowest BCUT2D eigenvalue weighted by atomic mass is 10.1. The Kier molecular flexibility index (Phi) is 6.24. The summed E-state index contributed by atoms with van der Waals surface area (Å²) in [5.41, 5.74) is -0.474. The minimum absolute atomic E-state index is 0.0434. The van der Waals surface area contributed by atoms with Crippen molar-refractivity contribution < 1.29 is 37.0 Å². The lowest BCUT2D eigenvalue weighted by molar-refractivity contribution is -0.274. The molecule has 156 valence electrons. The number of amides is 1. The number of alkyl halides is 3. The highest BCUT2D eigenvalue weighted by atomic mass is 127. The van der Waals surface area contributed by atoms with Crippen molar-refractivity contribution in [2.75, 3.05) is 0 Å². The molecule has 0 fully saturated rings. The fourth-order valence-corrected chi connectivity index (χ4v) is 2.69. The topological polar surface area (TPSA) is 85.9 Å². The van der Waals surface area contributed by atoms with Gasteiger partial charge >= 0.3 is 6.36 Å². The Hall–Kier alpha value is -3.16. The molecule has 0 bridgehead atoms. The van der Waals surface area contributed by atoms with Gasteiger partial charge in [0, 0.05) is 3.57 Å². The van der Waals surface area contributed by atoms with Crippen LogP contribution >= 0.6 is 22.6 Å². The van der Waals surface area contributed by atoms with E-state index >= 15 is 0 Å². The summed E-state index contributed by atoms with van der Waals surface area (Å²) < 4.78 is 60.8. The van der Waals surface area contributed by atoms with Crippen LogP contribution in [0.2, 0.25) is 0 Å². The Morgan fingerprint density at radius 3 is 2.37 bits per heavy atom. The number of nitrogens with zero attached hydrogens (tertiary/aromatic N) is 3. The lowest BCUT2D eigenvalue weighted by Crippen LogP contribution is -2.16. The van der Waals surface area contributed by atoms with Crippen LogP contribution in [0.15, 0.2) is 59.9 Å². The molecule has 0 aliphatic carbocycles. The molecule has 1 amide bonds. The van der Waals surface area contributed by atoms with Crippen molar-refractivity contribution in [2.45, 2.75) is 6.36 Å². The minimum atomic E-state index is -4.84. The maximum absolute atomic E-state index is 14.7. The number of carbonyl (C=O) groups excluding carboxylic acids is 1. The van der Waals surface area contributed by atoms with Gasteiger partial charge in [-0.05, 0) is 65.1 Å². The second kappa shape index (κ2) is 8.69. The first kappa shape index (κ1) is 21.5. The van der Waals surface area contributed by atoms with Crippen molar-refractivity contribution in [1.29, 1.82) is 0 Å². The van der Waals surface area contributed by atoms with E-state index in [1.165, 1.54) is 30.3 Å². The van der Waals surface area contributed by atoms with E-state index in [0.717, 1.165) is 24.5 Å². The Morgan fingerprint density at radius 2 is 1.77 bits per heavy atom.